The number of rotatable bonds is 1. The number of nitrogens with zero attached hydrogens (tertiary/aromatic N) is 4. The van der Waals surface area contributed by atoms with Crippen LogP contribution in [0.2, 0.25) is 0 Å². The Kier molecular flexibility index (Phi) is 3.12. The van der Waals surface area contributed by atoms with Crippen LogP contribution in [0.4, 0.5) is 5.69 Å². The van der Waals surface area contributed by atoms with E-state index in [4.69, 9.17) is 0 Å². The summed E-state index contributed by atoms with van der Waals surface area (Å²) in [6, 6.07) is 12.8. The number of hydrogen-bond donors (Lipinski definition) is 0. The van der Waals surface area contributed by atoms with Crippen molar-refractivity contribution in [1.82, 2.24) is 4.90 Å². The van der Waals surface area contributed by atoms with Gasteiger partial charge in [-0.25, -0.2) is 0 Å². The Hall–Kier alpha value is -2.04. The molecule has 2 heterocycles. The van der Waals surface area contributed by atoms with Crippen molar-refractivity contribution in [1.29, 1.82) is 10.5 Å². The van der Waals surface area contributed by atoms with Crippen molar-refractivity contribution in [3.63, 3.8) is 0 Å². The zero-order valence-electron chi connectivity index (χ0n) is 11.7. The van der Waals surface area contributed by atoms with E-state index >= 15 is 0 Å². The molecule has 0 bridgehead atoms. The molecule has 20 heavy (non-hydrogen) atoms. The molecule has 102 valence electrons. The van der Waals surface area contributed by atoms with E-state index in [-0.39, 0.29) is 6.04 Å². The highest BCUT2D eigenvalue weighted by atomic mass is 15.3. The summed E-state index contributed by atoms with van der Waals surface area (Å²) in [5, 5.41) is 19.3. The molecule has 1 fully saturated rings. The first-order chi connectivity index (χ1) is 9.74. The molecule has 1 aromatic rings. The van der Waals surface area contributed by atoms with Crippen molar-refractivity contribution in [3.8, 4) is 12.1 Å². The van der Waals surface area contributed by atoms with E-state index in [0.717, 1.165) is 31.7 Å². The van der Waals surface area contributed by atoms with E-state index in [2.05, 4.69) is 34.9 Å². The highest BCUT2D eigenvalue weighted by Gasteiger charge is 2.49. The Labute approximate surface area is 119 Å². The number of para-hydroxylation sites is 1. The van der Waals surface area contributed by atoms with Gasteiger partial charge in [0.05, 0.1) is 18.2 Å². The maximum absolute atomic E-state index is 9.65. The first kappa shape index (κ1) is 13.0. The molecule has 0 spiro atoms. The minimum absolute atomic E-state index is 0.0268. The first-order valence-corrected chi connectivity index (χ1v) is 7.13. The number of hydrogen-bond acceptors (Lipinski definition) is 4. The summed E-state index contributed by atoms with van der Waals surface area (Å²) < 4.78 is 0. The molecule has 0 aliphatic carbocycles. The van der Waals surface area contributed by atoms with Crippen LogP contribution in [0.3, 0.4) is 0 Å². The fraction of sp³-hybridized carbons (Fsp3) is 0.500. The second-order valence-electron chi connectivity index (χ2n) is 5.60. The molecule has 0 N–H and O–H groups in total. The molecule has 2 aliphatic heterocycles. The van der Waals surface area contributed by atoms with Gasteiger partial charge in [0.2, 0.25) is 0 Å². The van der Waals surface area contributed by atoms with E-state index in [1.807, 2.05) is 18.2 Å². The second-order valence-corrected chi connectivity index (χ2v) is 5.60. The number of anilines is 1. The summed E-state index contributed by atoms with van der Waals surface area (Å²) in [7, 11) is 0. The van der Waals surface area contributed by atoms with E-state index in [0.29, 0.717) is 6.42 Å². The van der Waals surface area contributed by atoms with E-state index in [1.165, 1.54) is 5.69 Å². The predicted molar refractivity (Wildman–Crippen MR) is 77.1 cm³/mol. The van der Waals surface area contributed by atoms with Crippen LogP contribution < -0.4 is 4.90 Å². The fourth-order valence-electron chi connectivity index (χ4n) is 3.45. The van der Waals surface area contributed by atoms with E-state index in [9.17, 15) is 10.5 Å². The van der Waals surface area contributed by atoms with Crippen molar-refractivity contribution < 1.29 is 0 Å². The number of benzene rings is 1. The average molecular weight is 266 g/mol. The Morgan fingerprint density at radius 2 is 2.00 bits per heavy atom. The van der Waals surface area contributed by atoms with Crippen LogP contribution in [-0.4, -0.2) is 37.1 Å². The van der Waals surface area contributed by atoms with Gasteiger partial charge in [-0.1, -0.05) is 25.1 Å². The van der Waals surface area contributed by atoms with Gasteiger partial charge in [0, 0.05) is 31.7 Å². The zero-order chi connectivity index (χ0) is 14.2. The molecule has 4 nitrogen and oxygen atoms in total. The van der Waals surface area contributed by atoms with Crippen molar-refractivity contribution >= 4 is 5.69 Å². The molecule has 3 rings (SSSR count). The quantitative estimate of drug-likeness (QED) is 0.777. The predicted octanol–water partition coefficient (Wildman–Crippen LogP) is 1.79. The molecular formula is C16H18N4. The van der Waals surface area contributed by atoms with Crippen molar-refractivity contribution in [2.45, 2.75) is 19.4 Å². The maximum atomic E-state index is 9.65. The minimum atomic E-state index is -0.928. The van der Waals surface area contributed by atoms with Gasteiger partial charge in [-0.3, -0.25) is 4.90 Å². The van der Waals surface area contributed by atoms with Crippen molar-refractivity contribution in [3.05, 3.63) is 29.8 Å². The molecule has 1 aromatic carbocycles. The highest BCUT2D eigenvalue weighted by molar-refractivity contribution is 5.60. The Morgan fingerprint density at radius 1 is 1.25 bits per heavy atom. The van der Waals surface area contributed by atoms with Gasteiger partial charge in [0.25, 0.3) is 0 Å². The SMILES string of the molecule is CCN1CCN2c3ccccc3CC(C#N)(C#N)C2C1. The molecule has 1 saturated heterocycles. The summed E-state index contributed by atoms with van der Waals surface area (Å²) in [5.74, 6) is 0. The van der Waals surface area contributed by atoms with Crippen molar-refractivity contribution in [2.24, 2.45) is 5.41 Å². The van der Waals surface area contributed by atoms with E-state index < -0.39 is 5.41 Å². The Bertz CT molecular complexity index is 581. The molecule has 0 saturated carbocycles. The number of nitriles is 2. The van der Waals surface area contributed by atoms with Crippen LogP contribution >= 0.6 is 0 Å². The summed E-state index contributed by atoms with van der Waals surface area (Å²) in [5.41, 5.74) is 1.40. The molecule has 0 radical (unpaired) electrons. The number of fused-ring (bicyclic) bond motifs is 3. The van der Waals surface area contributed by atoms with Crippen LogP contribution in [0.15, 0.2) is 24.3 Å². The Morgan fingerprint density at radius 3 is 2.70 bits per heavy atom. The molecule has 0 amide bonds. The fourth-order valence-corrected chi connectivity index (χ4v) is 3.45. The Balaban J connectivity index is 2.08. The number of piperazine rings is 1. The molecule has 4 heteroatoms. The molecule has 2 aliphatic rings. The largest absolute Gasteiger partial charge is 0.363 e. The standard InChI is InChI=1S/C16H18N4/c1-2-19-7-8-20-14-6-4-3-5-13(14)9-16(11-17,12-18)15(20)10-19/h3-6,15H,2,7-10H2,1H3. The van der Waals surface area contributed by atoms with Crippen LogP contribution in [-0.2, 0) is 6.42 Å². The van der Waals surface area contributed by atoms with Gasteiger partial charge >= 0.3 is 0 Å². The average Bonchev–Trinajstić information content (AvgIpc) is 2.53. The smallest absolute Gasteiger partial charge is 0.169 e. The van der Waals surface area contributed by atoms with Gasteiger partial charge in [0.15, 0.2) is 5.41 Å². The van der Waals surface area contributed by atoms with Crippen molar-refractivity contribution in [2.75, 3.05) is 31.1 Å². The lowest BCUT2D eigenvalue weighted by Gasteiger charge is -2.50. The first-order valence-electron chi connectivity index (χ1n) is 7.13. The van der Waals surface area contributed by atoms with Gasteiger partial charge < -0.3 is 4.90 Å². The van der Waals surface area contributed by atoms with Crippen LogP contribution in [0.25, 0.3) is 0 Å². The topological polar surface area (TPSA) is 54.1 Å². The summed E-state index contributed by atoms with van der Waals surface area (Å²) in [6.07, 6.45) is 0.537. The van der Waals surface area contributed by atoms with Gasteiger partial charge in [-0.15, -0.1) is 0 Å². The lowest BCUT2D eigenvalue weighted by molar-refractivity contribution is 0.185. The summed E-state index contributed by atoms with van der Waals surface area (Å²) in [6.45, 7) is 5.78. The molecule has 1 unspecified atom stereocenters. The van der Waals surface area contributed by atoms with Crippen LogP contribution in [0, 0.1) is 28.1 Å². The zero-order valence-corrected chi connectivity index (χ0v) is 11.7. The lowest BCUT2D eigenvalue weighted by Crippen LogP contribution is -2.62. The molecule has 1 atom stereocenters. The monoisotopic (exact) mass is 266 g/mol. The van der Waals surface area contributed by atoms with Crippen LogP contribution in [0.5, 0.6) is 0 Å². The third-order valence-corrected chi connectivity index (χ3v) is 4.65. The third kappa shape index (κ3) is 1.77. The highest BCUT2D eigenvalue weighted by Crippen LogP contribution is 2.42. The third-order valence-electron chi connectivity index (χ3n) is 4.65. The summed E-state index contributed by atoms with van der Waals surface area (Å²) in [4.78, 5) is 4.61. The molecular weight excluding hydrogens is 248 g/mol. The van der Waals surface area contributed by atoms with E-state index in [1.54, 1.807) is 0 Å². The summed E-state index contributed by atoms with van der Waals surface area (Å²) >= 11 is 0. The minimum Gasteiger partial charge on any atom is -0.363 e. The number of likely N-dealkylation sites (N-methyl/N-ethyl adjacent to an activating group) is 1. The van der Waals surface area contributed by atoms with Gasteiger partial charge in [-0.2, -0.15) is 10.5 Å². The normalized spacial score (nSPS) is 24.1. The molecule has 0 aromatic heterocycles. The van der Waals surface area contributed by atoms with Crippen LogP contribution in [0.1, 0.15) is 12.5 Å². The van der Waals surface area contributed by atoms with Gasteiger partial charge in [0.1, 0.15) is 0 Å². The lowest BCUT2D eigenvalue weighted by atomic mass is 9.72. The second kappa shape index (κ2) is 4.81. The van der Waals surface area contributed by atoms with Gasteiger partial charge in [-0.05, 0) is 18.2 Å². The maximum Gasteiger partial charge on any atom is 0.169 e.